The molecule has 0 N–H and O–H groups in total. The zero-order valence-electron chi connectivity index (χ0n) is 8.12. The van der Waals surface area contributed by atoms with E-state index in [0.29, 0.717) is 18.1 Å². The van der Waals surface area contributed by atoms with E-state index in [9.17, 15) is 4.39 Å². The fraction of sp³-hybridized carbons (Fsp3) is 0.364. The third kappa shape index (κ3) is 2.19. The summed E-state index contributed by atoms with van der Waals surface area (Å²) in [6, 6.07) is 3.20. The minimum atomic E-state index is -0.544. The van der Waals surface area contributed by atoms with Crippen molar-refractivity contribution in [3.05, 3.63) is 41.5 Å². The van der Waals surface area contributed by atoms with Crippen molar-refractivity contribution in [1.29, 1.82) is 0 Å². The van der Waals surface area contributed by atoms with Crippen molar-refractivity contribution in [3.8, 4) is 0 Å². The largest absolute Gasteiger partial charge is 0.373 e. The Bertz CT molecular complexity index is 383. The van der Waals surface area contributed by atoms with Crippen molar-refractivity contribution in [2.75, 3.05) is 6.61 Å². The monoisotopic (exact) mass is 227 g/mol. The van der Waals surface area contributed by atoms with E-state index in [1.54, 1.807) is 12.1 Å². The Morgan fingerprint density at radius 2 is 2.40 bits per heavy atom. The van der Waals surface area contributed by atoms with Crippen LogP contribution >= 0.6 is 11.6 Å². The van der Waals surface area contributed by atoms with Gasteiger partial charge in [-0.25, -0.2) is 4.98 Å². The highest BCUT2D eigenvalue weighted by molar-refractivity contribution is 6.29. The van der Waals surface area contributed by atoms with Crippen molar-refractivity contribution in [2.24, 2.45) is 5.92 Å². The van der Waals surface area contributed by atoms with Crippen LogP contribution in [0.25, 0.3) is 0 Å². The maximum absolute atomic E-state index is 13.4. The number of nitrogens with zero attached hydrogens (tertiary/aromatic N) is 1. The van der Waals surface area contributed by atoms with E-state index >= 15 is 0 Å². The van der Waals surface area contributed by atoms with Gasteiger partial charge in [0.2, 0.25) is 5.95 Å². The van der Waals surface area contributed by atoms with Gasteiger partial charge in [-0.1, -0.05) is 17.7 Å². The van der Waals surface area contributed by atoms with E-state index in [-0.39, 0.29) is 11.3 Å². The molecule has 80 valence electrons. The van der Waals surface area contributed by atoms with Crippen LogP contribution in [-0.4, -0.2) is 11.6 Å². The van der Waals surface area contributed by atoms with Crippen LogP contribution < -0.4 is 0 Å². The summed E-state index contributed by atoms with van der Waals surface area (Å²) in [4.78, 5) is 3.56. The Kier molecular flexibility index (Phi) is 3.03. The van der Waals surface area contributed by atoms with E-state index in [1.165, 1.54) is 0 Å². The van der Waals surface area contributed by atoms with Crippen LogP contribution in [0, 0.1) is 11.9 Å². The lowest BCUT2D eigenvalue weighted by atomic mass is 10.0. The average molecular weight is 228 g/mol. The molecule has 0 bridgehead atoms. The van der Waals surface area contributed by atoms with Gasteiger partial charge in [0.25, 0.3) is 0 Å². The first-order valence-corrected chi connectivity index (χ1v) is 5.14. The van der Waals surface area contributed by atoms with Crippen LogP contribution in [0.1, 0.15) is 18.1 Å². The minimum Gasteiger partial charge on any atom is -0.373 e. The number of hydrogen-bond donors (Lipinski definition) is 0. The van der Waals surface area contributed by atoms with Crippen LogP contribution in [0.3, 0.4) is 0 Å². The Morgan fingerprint density at radius 1 is 1.60 bits per heavy atom. The number of aromatic nitrogens is 1. The first-order valence-electron chi connectivity index (χ1n) is 4.77. The maximum Gasteiger partial charge on any atom is 0.220 e. The molecule has 0 aromatic carbocycles. The molecule has 2 unspecified atom stereocenters. The van der Waals surface area contributed by atoms with Gasteiger partial charge in [-0.2, -0.15) is 4.39 Å². The number of hydrogen-bond acceptors (Lipinski definition) is 2. The highest BCUT2D eigenvalue weighted by Gasteiger charge is 2.27. The number of rotatable bonds is 2. The Morgan fingerprint density at radius 3 is 3.00 bits per heavy atom. The van der Waals surface area contributed by atoms with Crippen LogP contribution in [0.4, 0.5) is 4.39 Å². The van der Waals surface area contributed by atoms with Crippen LogP contribution in [-0.2, 0) is 4.74 Å². The molecule has 1 aromatic rings. The highest BCUT2D eigenvalue weighted by Crippen LogP contribution is 2.33. The van der Waals surface area contributed by atoms with Crippen molar-refractivity contribution in [1.82, 2.24) is 4.98 Å². The second-order valence-electron chi connectivity index (χ2n) is 3.57. The van der Waals surface area contributed by atoms with Crippen molar-refractivity contribution in [2.45, 2.75) is 12.5 Å². The van der Waals surface area contributed by atoms with E-state index in [1.807, 2.05) is 6.08 Å². The number of halogens is 2. The van der Waals surface area contributed by atoms with E-state index < -0.39 is 5.95 Å². The summed E-state index contributed by atoms with van der Waals surface area (Å²) in [5.74, 6) is -0.248. The third-order valence-electron chi connectivity index (χ3n) is 2.55. The first-order chi connectivity index (χ1) is 7.20. The maximum atomic E-state index is 13.4. The van der Waals surface area contributed by atoms with Gasteiger partial charge in [-0.05, 0) is 18.6 Å². The van der Waals surface area contributed by atoms with Gasteiger partial charge in [-0.15, -0.1) is 6.58 Å². The lowest BCUT2D eigenvalue weighted by Gasteiger charge is -2.09. The molecule has 15 heavy (non-hydrogen) atoms. The second kappa shape index (κ2) is 4.29. The molecular weight excluding hydrogens is 217 g/mol. The molecule has 0 saturated carbocycles. The Balaban J connectivity index is 2.20. The van der Waals surface area contributed by atoms with Crippen molar-refractivity contribution < 1.29 is 9.13 Å². The molecule has 1 aliphatic heterocycles. The molecule has 4 heteroatoms. The highest BCUT2D eigenvalue weighted by atomic mass is 35.5. The Hall–Kier alpha value is -0.930. The molecule has 0 aliphatic carbocycles. The molecular formula is C11H11ClFNO. The van der Waals surface area contributed by atoms with Gasteiger partial charge in [0.05, 0.1) is 12.7 Å². The van der Waals surface area contributed by atoms with Gasteiger partial charge in [0.1, 0.15) is 5.15 Å². The van der Waals surface area contributed by atoms with Gasteiger partial charge in [0, 0.05) is 11.5 Å². The lowest BCUT2D eigenvalue weighted by molar-refractivity contribution is 0.106. The summed E-state index contributed by atoms with van der Waals surface area (Å²) in [7, 11) is 0. The summed E-state index contributed by atoms with van der Waals surface area (Å²) in [5, 5.41) is 0.162. The third-order valence-corrected chi connectivity index (χ3v) is 2.76. The van der Waals surface area contributed by atoms with E-state index in [4.69, 9.17) is 16.3 Å². The molecule has 2 nitrogen and oxygen atoms in total. The normalized spacial score (nSPS) is 25.5. The number of pyridine rings is 1. The molecule has 0 amide bonds. The van der Waals surface area contributed by atoms with Gasteiger partial charge < -0.3 is 4.74 Å². The molecule has 1 aliphatic rings. The summed E-state index contributed by atoms with van der Waals surface area (Å²) in [6.07, 6.45) is 2.36. The van der Waals surface area contributed by atoms with Gasteiger partial charge in [-0.3, -0.25) is 0 Å². The van der Waals surface area contributed by atoms with Crippen LogP contribution in [0.5, 0.6) is 0 Å². The number of ether oxygens (including phenoxy) is 1. The molecule has 1 fully saturated rings. The van der Waals surface area contributed by atoms with Crippen LogP contribution in [0.2, 0.25) is 5.15 Å². The van der Waals surface area contributed by atoms with E-state index in [2.05, 4.69) is 11.6 Å². The molecule has 2 rings (SSSR count). The van der Waals surface area contributed by atoms with Gasteiger partial charge in [0.15, 0.2) is 0 Å². The van der Waals surface area contributed by atoms with E-state index in [0.717, 1.165) is 6.42 Å². The SMILES string of the molecule is C=CC1COC(c2ccc(Cl)nc2F)C1. The summed E-state index contributed by atoms with van der Waals surface area (Å²) >= 11 is 5.57. The fourth-order valence-electron chi connectivity index (χ4n) is 1.69. The summed E-state index contributed by atoms with van der Waals surface area (Å²) in [5.41, 5.74) is 0.476. The zero-order valence-corrected chi connectivity index (χ0v) is 8.88. The topological polar surface area (TPSA) is 22.1 Å². The van der Waals surface area contributed by atoms with Crippen molar-refractivity contribution in [3.63, 3.8) is 0 Å². The molecule has 2 atom stereocenters. The predicted molar refractivity (Wildman–Crippen MR) is 56.2 cm³/mol. The fourth-order valence-corrected chi connectivity index (χ4v) is 1.83. The molecule has 1 aromatic heterocycles. The molecule has 0 radical (unpaired) electrons. The first kappa shape index (κ1) is 10.6. The summed E-state index contributed by atoms with van der Waals surface area (Å²) < 4.78 is 18.9. The molecule has 2 heterocycles. The lowest BCUT2D eigenvalue weighted by Crippen LogP contribution is -2.01. The quantitative estimate of drug-likeness (QED) is 0.572. The second-order valence-corrected chi connectivity index (χ2v) is 3.95. The zero-order chi connectivity index (χ0) is 10.8. The molecule has 0 spiro atoms. The summed E-state index contributed by atoms with van der Waals surface area (Å²) in [6.45, 7) is 4.29. The predicted octanol–water partition coefficient (Wildman–Crippen LogP) is 3.14. The Labute approximate surface area is 92.7 Å². The van der Waals surface area contributed by atoms with Crippen LogP contribution in [0.15, 0.2) is 24.8 Å². The smallest absolute Gasteiger partial charge is 0.220 e. The van der Waals surface area contributed by atoms with Gasteiger partial charge >= 0.3 is 0 Å². The minimum absolute atomic E-state index is 0.162. The van der Waals surface area contributed by atoms with Crippen molar-refractivity contribution >= 4 is 11.6 Å². The average Bonchev–Trinajstić information content (AvgIpc) is 2.66. The standard InChI is InChI=1S/C11H11ClFNO/c1-2-7-5-9(15-6-7)8-3-4-10(12)14-11(8)13/h2-4,7,9H,1,5-6H2. The molecule has 1 saturated heterocycles.